The minimum Gasteiger partial charge on any atom is -0.382 e. The minimum atomic E-state index is -1.03. The number of aromatic nitrogens is 1. The molecule has 9 heteroatoms. The fourth-order valence-electron chi connectivity index (χ4n) is 2.04. The highest BCUT2D eigenvalue weighted by atomic mass is 35.5. The van der Waals surface area contributed by atoms with Crippen molar-refractivity contribution in [1.29, 1.82) is 0 Å². The van der Waals surface area contributed by atoms with E-state index in [1.807, 2.05) is 13.8 Å². The summed E-state index contributed by atoms with van der Waals surface area (Å²) in [6.45, 7) is 4.65. The lowest BCUT2D eigenvalue weighted by atomic mass is 9.93. The smallest absolute Gasteiger partial charge is 0.319 e. The second-order valence-corrected chi connectivity index (χ2v) is 7.25. The summed E-state index contributed by atoms with van der Waals surface area (Å²) in [5, 5.41) is 9.08. The number of nitrogens with zero attached hydrogens (tertiary/aromatic N) is 1. The number of hydrogen-bond acceptors (Lipinski definition) is 3. The number of halogens is 4. The molecular formula is C17H18Cl2F2N4O. The maximum absolute atomic E-state index is 13.2. The Morgan fingerprint density at radius 1 is 1.12 bits per heavy atom. The highest BCUT2D eigenvalue weighted by Crippen LogP contribution is 2.29. The van der Waals surface area contributed by atoms with Crippen molar-refractivity contribution in [2.75, 3.05) is 23.7 Å². The topological polar surface area (TPSA) is 66.1 Å². The normalized spacial score (nSPS) is 11.2. The summed E-state index contributed by atoms with van der Waals surface area (Å²) in [5.74, 6) is -2.00. The van der Waals surface area contributed by atoms with E-state index in [4.69, 9.17) is 23.2 Å². The average Bonchev–Trinajstić information content (AvgIpc) is 2.56. The molecular weight excluding hydrogens is 385 g/mol. The highest BCUT2D eigenvalue weighted by molar-refractivity contribution is 6.38. The molecule has 2 amide bonds. The van der Waals surface area contributed by atoms with Crippen molar-refractivity contribution in [1.82, 2.24) is 10.3 Å². The lowest BCUT2D eigenvalue weighted by Gasteiger charge is -2.26. The van der Waals surface area contributed by atoms with E-state index < -0.39 is 17.7 Å². The molecule has 2 rings (SSSR count). The molecule has 26 heavy (non-hydrogen) atoms. The van der Waals surface area contributed by atoms with Gasteiger partial charge >= 0.3 is 6.03 Å². The molecule has 0 saturated heterocycles. The van der Waals surface area contributed by atoms with Crippen LogP contribution in [0.1, 0.15) is 13.8 Å². The van der Waals surface area contributed by atoms with Crippen LogP contribution in [0.25, 0.3) is 0 Å². The van der Waals surface area contributed by atoms with Crippen LogP contribution in [0, 0.1) is 17.0 Å². The van der Waals surface area contributed by atoms with E-state index in [-0.39, 0.29) is 11.1 Å². The molecule has 1 aromatic carbocycles. The third-order valence-electron chi connectivity index (χ3n) is 3.50. The van der Waals surface area contributed by atoms with Crippen molar-refractivity contribution in [3.63, 3.8) is 0 Å². The van der Waals surface area contributed by atoms with Crippen LogP contribution < -0.4 is 16.0 Å². The summed E-state index contributed by atoms with van der Waals surface area (Å²) in [6.07, 6.45) is 2.96. The van der Waals surface area contributed by atoms with Gasteiger partial charge in [0.25, 0.3) is 0 Å². The first-order valence-corrected chi connectivity index (χ1v) is 8.46. The van der Waals surface area contributed by atoms with Gasteiger partial charge in [0.1, 0.15) is 0 Å². The number of carbonyl (C=O) groups excluding carboxylic acids is 1. The number of urea groups is 1. The van der Waals surface area contributed by atoms with Gasteiger partial charge in [0.15, 0.2) is 11.6 Å². The summed E-state index contributed by atoms with van der Waals surface area (Å²) >= 11 is 12.1. The number of anilines is 2. The van der Waals surface area contributed by atoms with Crippen molar-refractivity contribution < 1.29 is 13.6 Å². The summed E-state index contributed by atoms with van der Waals surface area (Å²) in [6, 6.07) is 2.61. The van der Waals surface area contributed by atoms with Crippen LogP contribution in [-0.2, 0) is 0 Å². The number of carbonyl (C=O) groups is 1. The third kappa shape index (κ3) is 5.71. The van der Waals surface area contributed by atoms with E-state index in [2.05, 4.69) is 20.9 Å². The van der Waals surface area contributed by atoms with E-state index in [0.717, 1.165) is 12.1 Å². The van der Waals surface area contributed by atoms with Gasteiger partial charge in [-0.15, -0.1) is 0 Å². The van der Waals surface area contributed by atoms with Crippen LogP contribution >= 0.6 is 23.2 Å². The molecule has 140 valence electrons. The van der Waals surface area contributed by atoms with Crippen LogP contribution in [0.2, 0.25) is 10.0 Å². The maximum Gasteiger partial charge on any atom is 0.319 e. The number of nitrogens with one attached hydrogen (secondary N) is 3. The van der Waals surface area contributed by atoms with Gasteiger partial charge in [-0.25, -0.2) is 13.6 Å². The van der Waals surface area contributed by atoms with E-state index in [1.165, 1.54) is 18.5 Å². The molecule has 0 radical (unpaired) electrons. The summed E-state index contributed by atoms with van der Waals surface area (Å²) in [4.78, 5) is 15.8. The largest absolute Gasteiger partial charge is 0.382 e. The number of pyridine rings is 1. The minimum absolute atomic E-state index is 0.160. The lowest BCUT2D eigenvalue weighted by molar-refractivity contribution is 0.246. The zero-order valence-electron chi connectivity index (χ0n) is 14.2. The predicted octanol–water partition coefficient (Wildman–Crippen LogP) is 4.93. The zero-order valence-corrected chi connectivity index (χ0v) is 15.7. The monoisotopic (exact) mass is 402 g/mol. The van der Waals surface area contributed by atoms with Crippen LogP contribution in [0.3, 0.4) is 0 Å². The molecule has 0 aliphatic heterocycles. The summed E-state index contributed by atoms with van der Waals surface area (Å²) < 4.78 is 26.0. The van der Waals surface area contributed by atoms with Crippen molar-refractivity contribution in [2.24, 2.45) is 5.41 Å². The molecule has 1 heterocycles. The van der Waals surface area contributed by atoms with Crippen LogP contribution in [0.4, 0.5) is 25.0 Å². The Balaban J connectivity index is 1.86. The van der Waals surface area contributed by atoms with Gasteiger partial charge in [-0.1, -0.05) is 37.0 Å². The Bertz CT molecular complexity index is 782. The van der Waals surface area contributed by atoms with Gasteiger partial charge in [-0.2, -0.15) is 0 Å². The second-order valence-electron chi connectivity index (χ2n) is 6.43. The predicted molar refractivity (Wildman–Crippen MR) is 99.9 cm³/mol. The van der Waals surface area contributed by atoms with Crippen molar-refractivity contribution >= 4 is 40.6 Å². The van der Waals surface area contributed by atoms with Crippen LogP contribution in [-0.4, -0.2) is 24.1 Å². The fourth-order valence-corrected chi connectivity index (χ4v) is 2.54. The standard InChI is InChI=1S/C17H18Cl2F2N4O/c1-17(2,8-23-15-11(18)6-22-7-12(15)19)9-24-16(26)25-10-3-4-13(20)14(21)5-10/h3-7H,8-9H2,1-2H3,(H,22,23)(H2,24,25,26). The number of hydrogen-bond donors (Lipinski definition) is 3. The maximum atomic E-state index is 13.2. The first kappa shape index (κ1) is 20.2. The van der Waals surface area contributed by atoms with Crippen molar-refractivity contribution in [2.45, 2.75) is 13.8 Å². The molecule has 1 aromatic heterocycles. The van der Waals surface area contributed by atoms with Gasteiger partial charge in [0.2, 0.25) is 0 Å². The quantitative estimate of drug-likeness (QED) is 0.641. The zero-order chi connectivity index (χ0) is 19.3. The summed E-state index contributed by atoms with van der Waals surface area (Å²) in [7, 11) is 0. The van der Waals surface area contributed by atoms with Gasteiger partial charge in [0.05, 0.1) is 15.7 Å². The Kier molecular flexibility index (Phi) is 6.61. The lowest BCUT2D eigenvalue weighted by Crippen LogP contribution is -2.40. The Hall–Kier alpha value is -2.12. The third-order valence-corrected chi connectivity index (χ3v) is 4.08. The molecule has 0 aliphatic carbocycles. The highest BCUT2D eigenvalue weighted by Gasteiger charge is 2.20. The van der Waals surface area contributed by atoms with Crippen LogP contribution in [0.5, 0.6) is 0 Å². The van der Waals surface area contributed by atoms with E-state index in [1.54, 1.807) is 0 Å². The van der Waals surface area contributed by atoms with Gasteiger partial charge < -0.3 is 16.0 Å². The van der Waals surface area contributed by atoms with Crippen molar-refractivity contribution in [3.05, 3.63) is 52.3 Å². The van der Waals surface area contributed by atoms with Gasteiger partial charge in [-0.05, 0) is 17.5 Å². The van der Waals surface area contributed by atoms with Crippen molar-refractivity contribution in [3.8, 4) is 0 Å². The fraction of sp³-hybridized carbons (Fsp3) is 0.294. The first-order valence-electron chi connectivity index (χ1n) is 7.71. The molecule has 0 spiro atoms. The number of amides is 2. The molecule has 3 N–H and O–H groups in total. The Morgan fingerprint density at radius 2 is 1.77 bits per heavy atom. The summed E-state index contributed by atoms with van der Waals surface area (Å²) in [5.41, 5.74) is 0.386. The average molecular weight is 403 g/mol. The molecule has 0 fully saturated rings. The SMILES string of the molecule is CC(C)(CNC(=O)Nc1ccc(F)c(F)c1)CNc1c(Cl)cncc1Cl. The second kappa shape index (κ2) is 8.51. The first-order chi connectivity index (χ1) is 12.2. The molecule has 0 atom stereocenters. The molecule has 2 aromatic rings. The Morgan fingerprint density at radius 3 is 2.38 bits per heavy atom. The molecule has 0 unspecified atom stereocenters. The Labute approximate surface area is 160 Å². The number of rotatable bonds is 6. The number of benzene rings is 1. The molecule has 0 aliphatic rings. The van der Waals surface area contributed by atoms with E-state index >= 15 is 0 Å². The molecule has 0 saturated carbocycles. The van der Waals surface area contributed by atoms with E-state index in [9.17, 15) is 13.6 Å². The van der Waals surface area contributed by atoms with Gasteiger partial charge in [-0.3, -0.25) is 4.98 Å². The van der Waals surface area contributed by atoms with E-state index in [0.29, 0.717) is 28.8 Å². The molecule has 0 bridgehead atoms. The van der Waals surface area contributed by atoms with Gasteiger partial charge in [0, 0.05) is 37.2 Å². The molecule has 5 nitrogen and oxygen atoms in total. The van der Waals surface area contributed by atoms with Crippen LogP contribution in [0.15, 0.2) is 30.6 Å².